The predicted molar refractivity (Wildman–Crippen MR) is 96.8 cm³/mol. The molecular formula is C18H20FN3O3S. The highest BCUT2D eigenvalue weighted by Gasteiger charge is 2.28. The van der Waals surface area contributed by atoms with E-state index in [4.69, 9.17) is 4.74 Å². The first-order chi connectivity index (χ1) is 12.2. The summed E-state index contributed by atoms with van der Waals surface area (Å²) in [7, 11) is 0. The van der Waals surface area contributed by atoms with Crippen molar-refractivity contribution in [1.29, 1.82) is 0 Å². The molecule has 1 N–H and O–H groups in total. The molecule has 1 aromatic carbocycles. The lowest BCUT2D eigenvalue weighted by Crippen LogP contribution is -2.39. The number of aromatic nitrogens is 1. The molecule has 1 aliphatic heterocycles. The normalized spacial score (nSPS) is 13.9. The van der Waals surface area contributed by atoms with Crippen molar-refractivity contribution in [3.63, 3.8) is 0 Å². The highest BCUT2D eigenvalue weighted by molar-refractivity contribution is 7.15. The molecule has 0 saturated heterocycles. The number of nitrogens with one attached hydrogen (secondary N) is 1. The van der Waals surface area contributed by atoms with Gasteiger partial charge in [-0.3, -0.25) is 10.1 Å². The highest BCUT2D eigenvalue weighted by atomic mass is 32.1. The van der Waals surface area contributed by atoms with E-state index < -0.39 is 11.4 Å². The molecule has 2 heterocycles. The van der Waals surface area contributed by atoms with Gasteiger partial charge in [-0.2, -0.15) is 0 Å². The Kier molecular flexibility index (Phi) is 4.95. The van der Waals surface area contributed by atoms with Gasteiger partial charge in [0.15, 0.2) is 5.13 Å². The Morgan fingerprint density at radius 1 is 1.27 bits per heavy atom. The van der Waals surface area contributed by atoms with Crippen molar-refractivity contribution in [1.82, 2.24) is 9.88 Å². The summed E-state index contributed by atoms with van der Waals surface area (Å²) in [4.78, 5) is 31.4. The second-order valence-electron chi connectivity index (χ2n) is 7.00. The van der Waals surface area contributed by atoms with Crippen LogP contribution in [0.25, 0.3) is 0 Å². The molecule has 0 aliphatic carbocycles. The molecule has 0 unspecified atom stereocenters. The molecule has 0 saturated carbocycles. The van der Waals surface area contributed by atoms with Crippen molar-refractivity contribution >= 4 is 28.5 Å². The number of hydrogen-bond donors (Lipinski definition) is 1. The number of carbonyl (C=O) groups excluding carboxylic acids is 2. The van der Waals surface area contributed by atoms with E-state index in [1.807, 2.05) is 20.8 Å². The molecule has 138 valence electrons. The van der Waals surface area contributed by atoms with Crippen LogP contribution in [0.3, 0.4) is 0 Å². The Labute approximate surface area is 155 Å². The maximum Gasteiger partial charge on any atom is 0.410 e. The van der Waals surface area contributed by atoms with Crippen LogP contribution in [-0.2, 0) is 17.7 Å². The number of rotatable bonds is 2. The highest BCUT2D eigenvalue weighted by Crippen LogP contribution is 2.29. The summed E-state index contributed by atoms with van der Waals surface area (Å²) in [5.74, 6) is -0.742. The number of halogens is 1. The van der Waals surface area contributed by atoms with Crippen LogP contribution in [0.1, 0.15) is 41.7 Å². The molecule has 0 radical (unpaired) electrons. The summed E-state index contributed by atoms with van der Waals surface area (Å²) < 4.78 is 18.4. The Bertz CT molecular complexity index is 827. The standard InChI is InChI=1S/C18H20FN3O3S/c1-18(2,3)25-17(24)22-9-8-13-14(10-22)26-16(20-13)21-15(23)11-4-6-12(19)7-5-11/h4-7H,8-10H2,1-3H3,(H,20,21,23). The fourth-order valence-electron chi connectivity index (χ4n) is 2.50. The molecule has 1 aromatic heterocycles. The predicted octanol–water partition coefficient (Wildman–Crippen LogP) is 3.83. The van der Waals surface area contributed by atoms with E-state index in [-0.39, 0.29) is 12.0 Å². The molecule has 1 aliphatic rings. The number of thiazole rings is 1. The third-order valence-corrected chi connectivity index (χ3v) is 4.71. The van der Waals surface area contributed by atoms with Crippen LogP contribution in [0.5, 0.6) is 0 Å². The van der Waals surface area contributed by atoms with E-state index in [2.05, 4.69) is 10.3 Å². The first kappa shape index (κ1) is 18.3. The van der Waals surface area contributed by atoms with Crippen LogP contribution in [0, 0.1) is 5.82 Å². The Morgan fingerprint density at radius 2 is 1.96 bits per heavy atom. The van der Waals surface area contributed by atoms with E-state index in [1.165, 1.54) is 35.6 Å². The lowest BCUT2D eigenvalue weighted by Gasteiger charge is -2.29. The van der Waals surface area contributed by atoms with Crippen molar-refractivity contribution in [3.8, 4) is 0 Å². The van der Waals surface area contributed by atoms with Gasteiger partial charge >= 0.3 is 6.09 Å². The summed E-state index contributed by atoms with van der Waals surface area (Å²) in [5, 5.41) is 3.20. The maximum absolute atomic E-state index is 13.0. The number of benzene rings is 1. The number of amides is 2. The van der Waals surface area contributed by atoms with E-state index in [1.54, 1.807) is 4.90 Å². The quantitative estimate of drug-likeness (QED) is 0.863. The van der Waals surface area contributed by atoms with Crippen molar-refractivity contribution in [2.24, 2.45) is 0 Å². The Balaban J connectivity index is 1.66. The van der Waals surface area contributed by atoms with Gasteiger partial charge in [-0.15, -0.1) is 0 Å². The molecular weight excluding hydrogens is 357 g/mol. The van der Waals surface area contributed by atoms with Crippen LogP contribution in [0.4, 0.5) is 14.3 Å². The van der Waals surface area contributed by atoms with E-state index in [0.29, 0.717) is 30.2 Å². The zero-order valence-electron chi connectivity index (χ0n) is 14.8. The van der Waals surface area contributed by atoms with Gasteiger partial charge in [0.25, 0.3) is 5.91 Å². The third-order valence-electron chi connectivity index (χ3n) is 3.71. The average Bonchev–Trinajstić information content (AvgIpc) is 2.95. The molecule has 2 amide bonds. The fourth-order valence-corrected chi connectivity index (χ4v) is 3.52. The van der Waals surface area contributed by atoms with Crippen molar-refractivity contribution in [2.75, 3.05) is 11.9 Å². The average molecular weight is 377 g/mol. The molecule has 6 nitrogen and oxygen atoms in total. The summed E-state index contributed by atoms with van der Waals surface area (Å²) in [6.07, 6.45) is 0.255. The second-order valence-corrected chi connectivity index (χ2v) is 8.09. The number of ether oxygens (including phenoxy) is 1. The lowest BCUT2D eigenvalue weighted by atomic mass is 10.2. The molecule has 8 heteroatoms. The smallest absolute Gasteiger partial charge is 0.410 e. The summed E-state index contributed by atoms with van der Waals surface area (Å²) >= 11 is 1.33. The van der Waals surface area contributed by atoms with Gasteiger partial charge in [-0.1, -0.05) is 11.3 Å². The monoisotopic (exact) mass is 377 g/mol. The minimum absolute atomic E-state index is 0.347. The first-order valence-electron chi connectivity index (χ1n) is 8.25. The van der Waals surface area contributed by atoms with Crippen molar-refractivity contribution in [3.05, 3.63) is 46.2 Å². The van der Waals surface area contributed by atoms with Gasteiger partial charge in [0, 0.05) is 23.4 Å². The van der Waals surface area contributed by atoms with Gasteiger partial charge in [-0.25, -0.2) is 14.2 Å². The van der Waals surface area contributed by atoms with Gasteiger partial charge in [0.05, 0.1) is 12.2 Å². The summed E-state index contributed by atoms with van der Waals surface area (Å²) in [5.41, 5.74) is 0.693. The Hall–Kier alpha value is -2.48. The molecule has 0 atom stereocenters. The largest absolute Gasteiger partial charge is 0.444 e. The minimum Gasteiger partial charge on any atom is -0.444 e. The third kappa shape index (κ3) is 4.37. The van der Waals surface area contributed by atoms with Gasteiger partial charge in [0.2, 0.25) is 0 Å². The van der Waals surface area contributed by atoms with Crippen molar-refractivity contribution in [2.45, 2.75) is 39.3 Å². The molecule has 2 aromatic rings. The number of hydrogen-bond acceptors (Lipinski definition) is 5. The fraction of sp³-hybridized carbons (Fsp3) is 0.389. The van der Waals surface area contributed by atoms with Crippen molar-refractivity contribution < 1.29 is 18.7 Å². The lowest BCUT2D eigenvalue weighted by molar-refractivity contribution is 0.0225. The topological polar surface area (TPSA) is 71.5 Å². The second kappa shape index (κ2) is 7.03. The minimum atomic E-state index is -0.542. The Morgan fingerprint density at radius 3 is 2.62 bits per heavy atom. The summed E-state index contributed by atoms with van der Waals surface area (Å²) in [6, 6.07) is 5.31. The van der Waals surface area contributed by atoms with Crippen LogP contribution in [-0.4, -0.2) is 34.0 Å². The molecule has 26 heavy (non-hydrogen) atoms. The zero-order chi connectivity index (χ0) is 18.9. The van der Waals surface area contributed by atoms with Crippen LogP contribution >= 0.6 is 11.3 Å². The maximum atomic E-state index is 13.0. The van der Waals surface area contributed by atoms with Crippen LogP contribution < -0.4 is 5.32 Å². The molecule has 0 fully saturated rings. The van der Waals surface area contributed by atoms with Gasteiger partial charge < -0.3 is 9.64 Å². The number of nitrogens with zero attached hydrogens (tertiary/aromatic N) is 2. The first-order valence-corrected chi connectivity index (χ1v) is 9.06. The van der Waals surface area contributed by atoms with Gasteiger partial charge in [0.1, 0.15) is 11.4 Å². The SMILES string of the molecule is CC(C)(C)OC(=O)N1CCc2nc(NC(=O)c3ccc(F)cc3)sc2C1. The molecule has 3 rings (SSSR count). The van der Waals surface area contributed by atoms with Crippen LogP contribution in [0.15, 0.2) is 24.3 Å². The van der Waals surface area contributed by atoms with Crippen LogP contribution in [0.2, 0.25) is 0 Å². The van der Waals surface area contributed by atoms with E-state index in [9.17, 15) is 14.0 Å². The number of carbonyl (C=O) groups is 2. The van der Waals surface area contributed by atoms with Gasteiger partial charge in [-0.05, 0) is 45.0 Å². The molecule has 0 spiro atoms. The molecule has 0 bridgehead atoms. The zero-order valence-corrected chi connectivity index (χ0v) is 15.7. The number of fused-ring (bicyclic) bond motifs is 1. The number of anilines is 1. The van der Waals surface area contributed by atoms with E-state index in [0.717, 1.165) is 10.6 Å². The summed E-state index contributed by atoms with van der Waals surface area (Å²) in [6.45, 7) is 6.42. The van der Waals surface area contributed by atoms with E-state index >= 15 is 0 Å².